The van der Waals surface area contributed by atoms with Gasteiger partial charge in [0.25, 0.3) is 5.91 Å². The number of fused-ring (bicyclic) bond motifs is 1. The quantitative estimate of drug-likeness (QED) is 0.801. The number of carbonyl (C=O) groups excluding carboxylic acids is 1. The van der Waals surface area contributed by atoms with Crippen molar-refractivity contribution in [2.24, 2.45) is 0 Å². The summed E-state index contributed by atoms with van der Waals surface area (Å²) in [6.45, 7) is 2.03. The molecule has 102 valence electrons. The Kier molecular flexibility index (Phi) is 3.28. The number of H-pyrrole nitrogens is 1. The van der Waals surface area contributed by atoms with E-state index in [9.17, 15) is 4.79 Å². The Morgan fingerprint density at radius 1 is 1.30 bits per heavy atom. The topological polar surface area (TPSA) is 49.0 Å². The number of thiophene rings is 1. The number of para-hydroxylation sites is 1. The van der Waals surface area contributed by atoms with Crippen molar-refractivity contribution in [2.75, 3.05) is 7.05 Å². The van der Waals surface area contributed by atoms with Crippen molar-refractivity contribution >= 4 is 28.1 Å². The van der Waals surface area contributed by atoms with Gasteiger partial charge in [0, 0.05) is 17.3 Å². The number of hydrogen-bond donors (Lipinski definition) is 1. The Morgan fingerprint density at radius 3 is 2.85 bits per heavy atom. The number of nitrogens with one attached hydrogen (secondary N) is 1. The van der Waals surface area contributed by atoms with E-state index in [1.807, 2.05) is 55.7 Å². The lowest BCUT2D eigenvalue weighted by atomic mass is 10.1. The van der Waals surface area contributed by atoms with E-state index in [1.54, 1.807) is 16.2 Å². The van der Waals surface area contributed by atoms with E-state index < -0.39 is 0 Å². The van der Waals surface area contributed by atoms with Gasteiger partial charge in [-0.15, -0.1) is 11.3 Å². The Balaban J connectivity index is 1.92. The predicted molar refractivity (Wildman–Crippen MR) is 80.9 cm³/mol. The summed E-state index contributed by atoms with van der Waals surface area (Å²) in [5.74, 6) is -0.0663. The lowest BCUT2D eigenvalue weighted by Crippen LogP contribution is -2.29. The van der Waals surface area contributed by atoms with Gasteiger partial charge in [0.15, 0.2) is 5.69 Å². The number of hydrogen-bond acceptors (Lipinski definition) is 3. The summed E-state index contributed by atoms with van der Waals surface area (Å²) in [5, 5.41) is 9.96. The number of benzene rings is 1. The molecule has 0 unspecified atom stereocenters. The molecule has 0 saturated carbocycles. The van der Waals surface area contributed by atoms with E-state index in [4.69, 9.17) is 0 Å². The number of nitrogens with zero attached hydrogens (tertiary/aromatic N) is 2. The molecule has 0 aliphatic heterocycles. The van der Waals surface area contributed by atoms with E-state index in [0.717, 1.165) is 10.9 Å². The van der Waals surface area contributed by atoms with Crippen LogP contribution in [0.15, 0.2) is 41.8 Å². The van der Waals surface area contributed by atoms with Gasteiger partial charge in [-0.25, -0.2) is 0 Å². The molecular weight excluding hydrogens is 270 g/mol. The van der Waals surface area contributed by atoms with E-state index in [0.29, 0.717) is 5.69 Å². The van der Waals surface area contributed by atoms with Crippen molar-refractivity contribution in [1.82, 2.24) is 15.1 Å². The molecular formula is C15H15N3OS. The van der Waals surface area contributed by atoms with Crippen LogP contribution in [0.1, 0.15) is 28.3 Å². The van der Waals surface area contributed by atoms with Gasteiger partial charge in [0.05, 0.1) is 11.6 Å². The number of amides is 1. The molecule has 1 N–H and O–H groups in total. The second-order valence-electron chi connectivity index (χ2n) is 4.73. The molecule has 0 aliphatic carbocycles. The molecule has 3 rings (SSSR count). The maximum absolute atomic E-state index is 12.6. The first kappa shape index (κ1) is 12.9. The minimum atomic E-state index is -0.0663. The van der Waals surface area contributed by atoms with Crippen LogP contribution in [0, 0.1) is 0 Å². The third-order valence-electron chi connectivity index (χ3n) is 3.53. The number of aromatic amines is 1. The molecule has 2 heterocycles. The SMILES string of the molecule is C[C@@H](c1cccs1)N(C)C(=O)c1n[nH]c2ccccc12. The summed E-state index contributed by atoms with van der Waals surface area (Å²) in [5.41, 5.74) is 1.36. The van der Waals surface area contributed by atoms with Crippen LogP contribution in [-0.4, -0.2) is 28.1 Å². The van der Waals surface area contributed by atoms with Gasteiger partial charge in [-0.3, -0.25) is 9.89 Å². The van der Waals surface area contributed by atoms with E-state index in [-0.39, 0.29) is 11.9 Å². The normalized spacial score (nSPS) is 12.5. The van der Waals surface area contributed by atoms with Gasteiger partial charge in [-0.2, -0.15) is 5.10 Å². The minimum absolute atomic E-state index is 0.0398. The van der Waals surface area contributed by atoms with Crippen molar-refractivity contribution in [3.05, 3.63) is 52.3 Å². The van der Waals surface area contributed by atoms with Crippen molar-refractivity contribution in [3.63, 3.8) is 0 Å². The first-order valence-corrected chi connectivity index (χ1v) is 7.30. The predicted octanol–water partition coefficient (Wildman–Crippen LogP) is 3.46. The maximum Gasteiger partial charge on any atom is 0.275 e. The molecule has 3 aromatic rings. The summed E-state index contributed by atoms with van der Waals surface area (Å²) >= 11 is 1.66. The number of rotatable bonds is 3. The van der Waals surface area contributed by atoms with Crippen molar-refractivity contribution in [1.29, 1.82) is 0 Å². The molecule has 0 saturated heterocycles. The summed E-state index contributed by atoms with van der Waals surface area (Å²) in [6.07, 6.45) is 0. The molecule has 0 fully saturated rings. The van der Waals surface area contributed by atoms with Crippen LogP contribution in [-0.2, 0) is 0 Å². The van der Waals surface area contributed by atoms with Crippen LogP contribution in [0.25, 0.3) is 10.9 Å². The van der Waals surface area contributed by atoms with E-state index >= 15 is 0 Å². The van der Waals surface area contributed by atoms with Gasteiger partial charge >= 0.3 is 0 Å². The molecule has 2 aromatic heterocycles. The highest BCUT2D eigenvalue weighted by molar-refractivity contribution is 7.10. The second-order valence-corrected chi connectivity index (χ2v) is 5.70. The smallest absolute Gasteiger partial charge is 0.275 e. The van der Waals surface area contributed by atoms with E-state index in [2.05, 4.69) is 10.2 Å². The summed E-state index contributed by atoms with van der Waals surface area (Å²) < 4.78 is 0. The molecule has 1 aromatic carbocycles. The van der Waals surface area contributed by atoms with Crippen LogP contribution < -0.4 is 0 Å². The van der Waals surface area contributed by atoms with Crippen LogP contribution in [0.3, 0.4) is 0 Å². The fourth-order valence-electron chi connectivity index (χ4n) is 2.19. The lowest BCUT2D eigenvalue weighted by molar-refractivity contribution is 0.0741. The molecule has 1 atom stereocenters. The van der Waals surface area contributed by atoms with Crippen molar-refractivity contribution in [3.8, 4) is 0 Å². The third kappa shape index (κ3) is 2.10. The lowest BCUT2D eigenvalue weighted by Gasteiger charge is -2.23. The summed E-state index contributed by atoms with van der Waals surface area (Å²) in [7, 11) is 1.82. The molecule has 5 heteroatoms. The molecule has 20 heavy (non-hydrogen) atoms. The highest BCUT2D eigenvalue weighted by Gasteiger charge is 2.23. The first-order valence-electron chi connectivity index (χ1n) is 6.42. The third-order valence-corrected chi connectivity index (χ3v) is 4.57. The molecule has 0 spiro atoms. The van der Waals surface area contributed by atoms with Crippen LogP contribution >= 0.6 is 11.3 Å². The molecule has 4 nitrogen and oxygen atoms in total. The zero-order chi connectivity index (χ0) is 14.1. The zero-order valence-corrected chi connectivity index (χ0v) is 12.1. The maximum atomic E-state index is 12.6. The number of aromatic nitrogens is 2. The van der Waals surface area contributed by atoms with Crippen LogP contribution in [0.4, 0.5) is 0 Å². The van der Waals surface area contributed by atoms with Gasteiger partial charge in [0.1, 0.15) is 0 Å². The molecule has 1 amide bonds. The summed E-state index contributed by atoms with van der Waals surface area (Å²) in [4.78, 5) is 15.5. The second kappa shape index (κ2) is 5.09. The fraction of sp³-hybridized carbons (Fsp3) is 0.200. The van der Waals surface area contributed by atoms with Crippen molar-refractivity contribution < 1.29 is 4.79 Å². The highest BCUT2D eigenvalue weighted by atomic mass is 32.1. The molecule has 0 bridgehead atoms. The average Bonchev–Trinajstić information content (AvgIpc) is 3.14. The molecule has 0 aliphatic rings. The Hall–Kier alpha value is -2.14. The Labute approximate surface area is 121 Å². The summed E-state index contributed by atoms with van der Waals surface area (Å²) in [6, 6.07) is 11.8. The average molecular weight is 285 g/mol. The van der Waals surface area contributed by atoms with Gasteiger partial charge in [-0.1, -0.05) is 24.3 Å². The van der Waals surface area contributed by atoms with E-state index in [1.165, 1.54) is 4.88 Å². The van der Waals surface area contributed by atoms with Gasteiger partial charge in [0.2, 0.25) is 0 Å². The standard InChI is InChI=1S/C15H15N3OS/c1-10(13-8-5-9-20-13)18(2)15(19)14-11-6-3-4-7-12(11)16-17-14/h3-10H,1-2H3,(H,16,17)/t10-/m0/s1. The largest absolute Gasteiger partial charge is 0.333 e. The van der Waals surface area contributed by atoms with Crippen LogP contribution in [0.2, 0.25) is 0 Å². The van der Waals surface area contributed by atoms with Crippen molar-refractivity contribution in [2.45, 2.75) is 13.0 Å². The van der Waals surface area contributed by atoms with Gasteiger partial charge in [-0.05, 0) is 24.4 Å². The Morgan fingerprint density at radius 2 is 2.10 bits per heavy atom. The molecule has 0 radical (unpaired) electrons. The zero-order valence-electron chi connectivity index (χ0n) is 11.3. The number of carbonyl (C=O) groups is 1. The Bertz CT molecular complexity index is 733. The highest BCUT2D eigenvalue weighted by Crippen LogP contribution is 2.26. The van der Waals surface area contributed by atoms with Crippen LogP contribution in [0.5, 0.6) is 0 Å². The minimum Gasteiger partial charge on any atom is -0.333 e. The monoisotopic (exact) mass is 285 g/mol. The van der Waals surface area contributed by atoms with Gasteiger partial charge < -0.3 is 4.90 Å². The fourth-order valence-corrected chi connectivity index (χ4v) is 3.02. The first-order chi connectivity index (χ1) is 9.68.